The predicted octanol–water partition coefficient (Wildman–Crippen LogP) is 3.90. The molecule has 0 bridgehead atoms. The second-order valence-electron chi connectivity index (χ2n) is 5.52. The third-order valence-electron chi connectivity index (χ3n) is 4.02. The molecule has 1 aromatic heterocycles. The minimum atomic E-state index is 0.0330. The maximum absolute atomic E-state index is 12.4. The molecular weight excluding hydrogens is 328 g/mol. The van der Waals surface area contributed by atoms with Crippen molar-refractivity contribution >= 4 is 27.7 Å². The van der Waals surface area contributed by atoms with Crippen LogP contribution in [0.1, 0.15) is 23.1 Å². The molecule has 0 spiro atoms. The SMILES string of the molecule is Cc1cc(NC(=O)C2CCc3ccccc3C2)ncc1Br. The average Bonchev–Trinajstić information content (AvgIpc) is 2.50. The molecule has 4 heteroatoms. The molecule has 1 unspecified atom stereocenters. The molecule has 2 aromatic rings. The molecule has 0 fully saturated rings. The van der Waals surface area contributed by atoms with E-state index in [-0.39, 0.29) is 11.8 Å². The van der Waals surface area contributed by atoms with Gasteiger partial charge in [0.2, 0.25) is 5.91 Å². The number of carbonyl (C=O) groups is 1. The highest BCUT2D eigenvalue weighted by Crippen LogP contribution is 2.26. The van der Waals surface area contributed by atoms with E-state index in [9.17, 15) is 4.79 Å². The molecular formula is C17H17BrN2O. The highest BCUT2D eigenvalue weighted by molar-refractivity contribution is 9.10. The van der Waals surface area contributed by atoms with Crippen LogP contribution < -0.4 is 5.32 Å². The number of fused-ring (bicyclic) bond motifs is 1. The van der Waals surface area contributed by atoms with Gasteiger partial charge in [-0.1, -0.05) is 24.3 Å². The third-order valence-corrected chi connectivity index (χ3v) is 4.85. The molecule has 0 saturated heterocycles. The Kier molecular flexibility index (Phi) is 4.06. The lowest BCUT2D eigenvalue weighted by molar-refractivity contribution is -0.120. The van der Waals surface area contributed by atoms with Crippen LogP contribution in [0.15, 0.2) is 41.0 Å². The molecule has 108 valence electrons. The van der Waals surface area contributed by atoms with Crippen LogP contribution in [0.25, 0.3) is 0 Å². The Bertz CT molecular complexity index is 684. The smallest absolute Gasteiger partial charge is 0.228 e. The maximum atomic E-state index is 12.4. The van der Waals surface area contributed by atoms with E-state index in [2.05, 4.69) is 44.4 Å². The van der Waals surface area contributed by atoms with Crippen molar-refractivity contribution in [3.05, 3.63) is 57.7 Å². The highest BCUT2D eigenvalue weighted by atomic mass is 79.9. The summed E-state index contributed by atoms with van der Waals surface area (Å²) in [5.74, 6) is 0.726. The molecule has 1 aliphatic rings. The van der Waals surface area contributed by atoms with E-state index in [1.165, 1.54) is 11.1 Å². The zero-order valence-corrected chi connectivity index (χ0v) is 13.5. The molecule has 1 aromatic carbocycles. The van der Waals surface area contributed by atoms with Gasteiger partial charge in [-0.25, -0.2) is 4.98 Å². The fourth-order valence-electron chi connectivity index (χ4n) is 2.76. The number of pyridine rings is 1. The summed E-state index contributed by atoms with van der Waals surface area (Å²) in [7, 11) is 0. The number of nitrogens with zero attached hydrogens (tertiary/aromatic N) is 1. The lowest BCUT2D eigenvalue weighted by atomic mass is 9.83. The molecule has 1 N–H and O–H groups in total. The molecule has 0 saturated carbocycles. The van der Waals surface area contributed by atoms with Crippen molar-refractivity contribution in [3.63, 3.8) is 0 Å². The Balaban J connectivity index is 1.70. The van der Waals surface area contributed by atoms with Gasteiger partial charge in [-0.05, 0) is 64.9 Å². The number of anilines is 1. The van der Waals surface area contributed by atoms with Gasteiger partial charge >= 0.3 is 0 Å². The number of benzene rings is 1. The van der Waals surface area contributed by atoms with Crippen molar-refractivity contribution in [3.8, 4) is 0 Å². The predicted molar refractivity (Wildman–Crippen MR) is 87.3 cm³/mol. The maximum Gasteiger partial charge on any atom is 0.228 e. The number of hydrogen-bond acceptors (Lipinski definition) is 2. The minimum Gasteiger partial charge on any atom is -0.310 e. The summed E-state index contributed by atoms with van der Waals surface area (Å²) in [5.41, 5.74) is 3.73. The Morgan fingerprint density at radius 2 is 2.10 bits per heavy atom. The molecule has 1 aliphatic carbocycles. The summed E-state index contributed by atoms with van der Waals surface area (Å²) in [6.07, 6.45) is 4.41. The number of aromatic nitrogens is 1. The van der Waals surface area contributed by atoms with Gasteiger partial charge in [-0.3, -0.25) is 4.79 Å². The highest BCUT2D eigenvalue weighted by Gasteiger charge is 2.24. The topological polar surface area (TPSA) is 42.0 Å². The van der Waals surface area contributed by atoms with Crippen LogP contribution in [0, 0.1) is 12.8 Å². The number of carbonyl (C=O) groups excluding carboxylic acids is 1. The van der Waals surface area contributed by atoms with Crippen molar-refractivity contribution in [2.24, 2.45) is 5.92 Å². The summed E-state index contributed by atoms with van der Waals surface area (Å²) in [6, 6.07) is 10.3. The third kappa shape index (κ3) is 3.16. The first-order valence-corrected chi connectivity index (χ1v) is 7.92. The van der Waals surface area contributed by atoms with Gasteiger partial charge < -0.3 is 5.32 Å². The van der Waals surface area contributed by atoms with E-state index >= 15 is 0 Å². The number of amides is 1. The summed E-state index contributed by atoms with van der Waals surface area (Å²) in [4.78, 5) is 16.7. The fraction of sp³-hybridized carbons (Fsp3) is 0.294. The lowest BCUT2D eigenvalue weighted by Crippen LogP contribution is -2.28. The van der Waals surface area contributed by atoms with Gasteiger partial charge in [0.05, 0.1) is 0 Å². The minimum absolute atomic E-state index is 0.0330. The van der Waals surface area contributed by atoms with Gasteiger partial charge in [0.15, 0.2) is 0 Å². The van der Waals surface area contributed by atoms with E-state index < -0.39 is 0 Å². The van der Waals surface area contributed by atoms with Crippen molar-refractivity contribution in [1.82, 2.24) is 4.98 Å². The van der Waals surface area contributed by atoms with E-state index in [0.29, 0.717) is 5.82 Å². The second kappa shape index (κ2) is 5.98. The van der Waals surface area contributed by atoms with E-state index in [1.54, 1.807) is 6.20 Å². The molecule has 3 rings (SSSR count). The second-order valence-corrected chi connectivity index (χ2v) is 6.37. The summed E-state index contributed by atoms with van der Waals surface area (Å²) < 4.78 is 0.951. The molecule has 0 radical (unpaired) electrons. The van der Waals surface area contributed by atoms with E-state index in [1.807, 2.05) is 19.1 Å². The van der Waals surface area contributed by atoms with Crippen molar-refractivity contribution < 1.29 is 4.79 Å². The molecule has 3 nitrogen and oxygen atoms in total. The molecule has 0 aliphatic heterocycles. The van der Waals surface area contributed by atoms with Crippen molar-refractivity contribution in [2.75, 3.05) is 5.32 Å². The van der Waals surface area contributed by atoms with Crippen LogP contribution in [-0.2, 0) is 17.6 Å². The molecule has 1 atom stereocenters. The Morgan fingerprint density at radius 1 is 1.33 bits per heavy atom. The fourth-order valence-corrected chi connectivity index (χ4v) is 2.97. The first-order chi connectivity index (χ1) is 10.1. The number of aryl methyl sites for hydroxylation is 2. The zero-order chi connectivity index (χ0) is 14.8. The Morgan fingerprint density at radius 3 is 2.86 bits per heavy atom. The summed E-state index contributed by atoms with van der Waals surface area (Å²) >= 11 is 3.41. The number of rotatable bonds is 2. The van der Waals surface area contributed by atoms with Crippen LogP contribution >= 0.6 is 15.9 Å². The molecule has 1 heterocycles. The van der Waals surface area contributed by atoms with Gasteiger partial charge in [0, 0.05) is 16.6 Å². The molecule has 1 amide bonds. The summed E-state index contributed by atoms with van der Waals surface area (Å²) in [5, 5.41) is 2.94. The standard InChI is InChI=1S/C17H17BrN2O/c1-11-8-16(19-10-15(11)18)20-17(21)14-7-6-12-4-2-3-5-13(12)9-14/h2-5,8,10,14H,6-7,9H2,1H3,(H,19,20,21). The number of halogens is 1. The average molecular weight is 345 g/mol. The number of nitrogens with one attached hydrogen (secondary N) is 1. The Labute approximate surface area is 132 Å². The zero-order valence-electron chi connectivity index (χ0n) is 11.9. The normalized spacial score (nSPS) is 17.1. The first-order valence-electron chi connectivity index (χ1n) is 7.13. The van der Waals surface area contributed by atoms with Crippen LogP contribution in [0.2, 0.25) is 0 Å². The van der Waals surface area contributed by atoms with Gasteiger partial charge in [0.25, 0.3) is 0 Å². The van der Waals surface area contributed by atoms with Gasteiger partial charge in [-0.15, -0.1) is 0 Å². The first kappa shape index (κ1) is 14.3. The van der Waals surface area contributed by atoms with Crippen LogP contribution in [0.3, 0.4) is 0 Å². The quantitative estimate of drug-likeness (QED) is 0.897. The summed E-state index contributed by atoms with van der Waals surface area (Å²) in [6.45, 7) is 1.98. The van der Waals surface area contributed by atoms with Gasteiger partial charge in [0.1, 0.15) is 5.82 Å². The van der Waals surface area contributed by atoms with Crippen molar-refractivity contribution in [1.29, 1.82) is 0 Å². The number of hydrogen-bond donors (Lipinski definition) is 1. The lowest BCUT2D eigenvalue weighted by Gasteiger charge is -2.23. The van der Waals surface area contributed by atoms with Crippen LogP contribution in [0.5, 0.6) is 0 Å². The van der Waals surface area contributed by atoms with Crippen LogP contribution in [-0.4, -0.2) is 10.9 Å². The molecule has 21 heavy (non-hydrogen) atoms. The van der Waals surface area contributed by atoms with E-state index in [4.69, 9.17) is 0 Å². The van der Waals surface area contributed by atoms with E-state index in [0.717, 1.165) is 29.3 Å². The van der Waals surface area contributed by atoms with Crippen molar-refractivity contribution in [2.45, 2.75) is 26.2 Å². The van der Waals surface area contributed by atoms with Crippen LogP contribution in [0.4, 0.5) is 5.82 Å². The monoisotopic (exact) mass is 344 g/mol. The Hall–Kier alpha value is -1.68. The van der Waals surface area contributed by atoms with Gasteiger partial charge in [-0.2, -0.15) is 0 Å². The largest absolute Gasteiger partial charge is 0.310 e.